The van der Waals surface area contributed by atoms with Crippen molar-refractivity contribution in [3.63, 3.8) is 0 Å². The lowest BCUT2D eigenvalue weighted by atomic mass is 10.2. The number of hydrogen-bond acceptors (Lipinski definition) is 2. The number of rotatable bonds is 3. The van der Waals surface area contributed by atoms with E-state index in [1.807, 2.05) is 0 Å². The third-order valence-corrected chi connectivity index (χ3v) is 1.34. The van der Waals surface area contributed by atoms with Crippen molar-refractivity contribution in [2.75, 3.05) is 6.61 Å². The van der Waals surface area contributed by atoms with Gasteiger partial charge in [0.15, 0.2) is 0 Å². The van der Waals surface area contributed by atoms with Gasteiger partial charge in [-0.05, 0) is 6.42 Å². The summed E-state index contributed by atoms with van der Waals surface area (Å²) in [5.74, 6) is 0. The Balaban J connectivity index is 1.86. The van der Waals surface area contributed by atoms with E-state index in [-0.39, 0.29) is 0 Å². The second-order valence-corrected chi connectivity index (χ2v) is 2.14. The van der Waals surface area contributed by atoms with E-state index in [9.17, 15) is 0 Å². The molecule has 8 heavy (non-hydrogen) atoms. The molecule has 1 fully saturated rings. The molecule has 1 aliphatic heterocycles. The van der Waals surface area contributed by atoms with Crippen molar-refractivity contribution in [1.82, 2.24) is 0 Å². The van der Waals surface area contributed by atoms with Gasteiger partial charge >= 0.3 is 0 Å². The molecular formula is C6H12O2. The Hall–Kier alpha value is -0.0800. The van der Waals surface area contributed by atoms with Crippen molar-refractivity contribution in [1.29, 1.82) is 0 Å². The summed E-state index contributed by atoms with van der Waals surface area (Å²) < 4.78 is 0. The highest BCUT2D eigenvalue weighted by atomic mass is 17.2. The van der Waals surface area contributed by atoms with E-state index in [1.54, 1.807) is 0 Å². The molecule has 2 heteroatoms. The third kappa shape index (κ3) is 1.46. The molecule has 0 radical (unpaired) electrons. The first-order chi connectivity index (χ1) is 3.93. The lowest BCUT2D eigenvalue weighted by Gasteiger charge is -2.23. The van der Waals surface area contributed by atoms with Crippen molar-refractivity contribution < 1.29 is 9.78 Å². The van der Waals surface area contributed by atoms with Gasteiger partial charge in [0.1, 0.15) is 12.7 Å². The van der Waals surface area contributed by atoms with Crippen LogP contribution in [0.3, 0.4) is 0 Å². The first-order valence-electron chi connectivity index (χ1n) is 3.21. The Morgan fingerprint density at radius 3 is 2.75 bits per heavy atom. The standard InChI is InChI=1S/C6H12O2/c1-2-3-4-6-5-7-8-6/h6H,2-5H2,1H3. The lowest BCUT2D eigenvalue weighted by molar-refractivity contribution is -0.425. The highest BCUT2D eigenvalue weighted by Gasteiger charge is 2.18. The SMILES string of the molecule is CCCCC1COO1. The van der Waals surface area contributed by atoms with Gasteiger partial charge in [0, 0.05) is 0 Å². The zero-order valence-electron chi connectivity index (χ0n) is 5.22. The van der Waals surface area contributed by atoms with Crippen molar-refractivity contribution in [3.8, 4) is 0 Å². The summed E-state index contributed by atoms with van der Waals surface area (Å²) in [6.45, 7) is 2.99. The van der Waals surface area contributed by atoms with Crippen LogP contribution in [0.5, 0.6) is 0 Å². The van der Waals surface area contributed by atoms with Gasteiger partial charge in [-0.3, -0.25) is 0 Å². The van der Waals surface area contributed by atoms with E-state index in [2.05, 4.69) is 11.8 Å². The van der Waals surface area contributed by atoms with Crippen LogP contribution in [-0.4, -0.2) is 12.7 Å². The van der Waals surface area contributed by atoms with Crippen molar-refractivity contribution in [2.24, 2.45) is 0 Å². The summed E-state index contributed by atoms with van der Waals surface area (Å²) in [6.07, 6.45) is 4.08. The van der Waals surface area contributed by atoms with Crippen LogP contribution in [0, 0.1) is 0 Å². The van der Waals surface area contributed by atoms with Gasteiger partial charge < -0.3 is 0 Å². The maximum atomic E-state index is 4.73. The molecule has 1 unspecified atom stereocenters. The molecule has 0 aromatic carbocycles. The van der Waals surface area contributed by atoms with Crippen LogP contribution in [0.2, 0.25) is 0 Å². The molecule has 0 aromatic heterocycles. The minimum Gasteiger partial charge on any atom is -0.233 e. The molecule has 1 rings (SSSR count). The van der Waals surface area contributed by atoms with Crippen LogP contribution in [-0.2, 0) is 9.78 Å². The summed E-state index contributed by atoms with van der Waals surface area (Å²) in [5, 5.41) is 0. The molecule has 0 saturated carbocycles. The van der Waals surface area contributed by atoms with Gasteiger partial charge in [-0.2, -0.15) is 0 Å². The topological polar surface area (TPSA) is 18.5 Å². The smallest absolute Gasteiger partial charge is 0.119 e. The molecule has 0 bridgehead atoms. The number of hydrogen-bond donors (Lipinski definition) is 0. The van der Waals surface area contributed by atoms with Crippen LogP contribution < -0.4 is 0 Å². The largest absolute Gasteiger partial charge is 0.233 e. The summed E-state index contributed by atoms with van der Waals surface area (Å²) in [4.78, 5) is 9.26. The minimum atomic E-state index is 0.412. The molecule has 48 valence electrons. The summed E-state index contributed by atoms with van der Waals surface area (Å²) in [5.41, 5.74) is 0. The second-order valence-electron chi connectivity index (χ2n) is 2.14. The van der Waals surface area contributed by atoms with E-state index in [1.165, 1.54) is 12.8 Å². The van der Waals surface area contributed by atoms with Crippen LogP contribution >= 0.6 is 0 Å². The van der Waals surface area contributed by atoms with Gasteiger partial charge in [0.25, 0.3) is 0 Å². The predicted molar refractivity (Wildman–Crippen MR) is 30.3 cm³/mol. The molecule has 0 spiro atoms. The zero-order chi connectivity index (χ0) is 5.82. The first kappa shape index (κ1) is 6.05. The third-order valence-electron chi connectivity index (χ3n) is 1.34. The molecule has 1 heterocycles. The molecule has 0 aliphatic carbocycles. The lowest BCUT2D eigenvalue weighted by Crippen LogP contribution is -2.30. The Kier molecular flexibility index (Phi) is 2.30. The average molecular weight is 116 g/mol. The van der Waals surface area contributed by atoms with E-state index >= 15 is 0 Å². The van der Waals surface area contributed by atoms with Gasteiger partial charge in [0.2, 0.25) is 0 Å². The Morgan fingerprint density at radius 1 is 1.62 bits per heavy atom. The van der Waals surface area contributed by atoms with Gasteiger partial charge in [-0.1, -0.05) is 19.8 Å². The van der Waals surface area contributed by atoms with Crippen molar-refractivity contribution >= 4 is 0 Å². The second kappa shape index (κ2) is 3.05. The Morgan fingerprint density at radius 2 is 2.38 bits per heavy atom. The molecule has 0 amide bonds. The quantitative estimate of drug-likeness (QED) is 0.520. The van der Waals surface area contributed by atoms with Gasteiger partial charge in [-0.15, -0.1) is 0 Å². The fourth-order valence-electron chi connectivity index (χ4n) is 0.728. The van der Waals surface area contributed by atoms with E-state index < -0.39 is 0 Å². The molecule has 2 nitrogen and oxygen atoms in total. The predicted octanol–water partition coefficient (Wildman–Crippen LogP) is 1.51. The zero-order valence-corrected chi connectivity index (χ0v) is 5.22. The Labute approximate surface area is 49.7 Å². The highest BCUT2D eigenvalue weighted by Crippen LogP contribution is 2.12. The normalized spacial score (nSPS) is 27.4. The Bertz CT molecular complexity index is 59.5. The first-order valence-corrected chi connectivity index (χ1v) is 3.21. The monoisotopic (exact) mass is 116 g/mol. The summed E-state index contributed by atoms with van der Waals surface area (Å²) >= 11 is 0. The van der Waals surface area contributed by atoms with Gasteiger partial charge in [-0.25, -0.2) is 9.78 Å². The summed E-state index contributed by atoms with van der Waals surface area (Å²) in [7, 11) is 0. The maximum Gasteiger partial charge on any atom is 0.119 e. The van der Waals surface area contributed by atoms with E-state index in [0.717, 1.165) is 13.0 Å². The molecule has 1 atom stereocenters. The minimum absolute atomic E-state index is 0.412. The van der Waals surface area contributed by atoms with Crippen LogP contribution in [0.15, 0.2) is 0 Å². The van der Waals surface area contributed by atoms with Crippen LogP contribution in [0.1, 0.15) is 26.2 Å². The fourth-order valence-corrected chi connectivity index (χ4v) is 0.728. The number of unbranched alkanes of at least 4 members (excludes halogenated alkanes) is 1. The van der Waals surface area contributed by atoms with Crippen molar-refractivity contribution in [2.45, 2.75) is 32.3 Å². The van der Waals surface area contributed by atoms with Crippen LogP contribution in [0.4, 0.5) is 0 Å². The molecule has 1 saturated heterocycles. The average Bonchev–Trinajstić information content (AvgIpc) is 1.63. The molecule has 0 N–H and O–H groups in total. The fraction of sp³-hybridized carbons (Fsp3) is 1.00. The summed E-state index contributed by atoms with van der Waals surface area (Å²) in [6, 6.07) is 0. The molecule has 0 aromatic rings. The highest BCUT2D eigenvalue weighted by molar-refractivity contribution is 4.57. The molecular weight excluding hydrogens is 104 g/mol. The van der Waals surface area contributed by atoms with Crippen LogP contribution in [0.25, 0.3) is 0 Å². The van der Waals surface area contributed by atoms with Crippen molar-refractivity contribution in [3.05, 3.63) is 0 Å². The van der Waals surface area contributed by atoms with Gasteiger partial charge in [0.05, 0.1) is 0 Å². The molecule has 1 aliphatic rings. The maximum absolute atomic E-state index is 4.73. The van der Waals surface area contributed by atoms with E-state index in [0.29, 0.717) is 6.10 Å². The van der Waals surface area contributed by atoms with E-state index in [4.69, 9.17) is 4.89 Å².